The lowest BCUT2D eigenvalue weighted by molar-refractivity contribution is -0.0514. The number of nitrogens with two attached hydrogens (primary N) is 1. The van der Waals surface area contributed by atoms with Gasteiger partial charge in [-0.15, -0.1) is 0 Å². The van der Waals surface area contributed by atoms with Crippen molar-refractivity contribution >= 4 is 0 Å². The summed E-state index contributed by atoms with van der Waals surface area (Å²) in [5.41, 5.74) is 6.58. The maximum absolute atomic E-state index is 6.29. The van der Waals surface area contributed by atoms with Crippen molar-refractivity contribution in [1.82, 2.24) is 4.90 Å². The standard InChI is InChI=1S/C17H32N2O/c1-2-20-16-6-4-10-19(12-16)17(13-18)9-3-5-15(11-17)14-7-8-14/h14-16H,2-13,18H2,1H3. The summed E-state index contributed by atoms with van der Waals surface area (Å²) in [6.07, 6.45) is 11.4. The van der Waals surface area contributed by atoms with Crippen LogP contribution in [0.1, 0.15) is 58.3 Å². The van der Waals surface area contributed by atoms with Crippen molar-refractivity contribution in [3.63, 3.8) is 0 Å². The molecule has 0 aromatic heterocycles. The van der Waals surface area contributed by atoms with Crippen molar-refractivity contribution in [3.8, 4) is 0 Å². The number of likely N-dealkylation sites (tertiary alicyclic amines) is 1. The highest BCUT2D eigenvalue weighted by Crippen LogP contribution is 2.48. The Hall–Kier alpha value is -0.120. The van der Waals surface area contributed by atoms with Crippen LogP contribution in [-0.4, -0.2) is 42.8 Å². The van der Waals surface area contributed by atoms with Crippen LogP contribution in [0.5, 0.6) is 0 Å². The Morgan fingerprint density at radius 2 is 2.00 bits per heavy atom. The Bertz CT molecular complexity index is 316. The molecule has 0 aromatic rings. The number of rotatable bonds is 5. The van der Waals surface area contributed by atoms with Crippen LogP contribution in [0.15, 0.2) is 0 Å². The van der Waals surface area contributed by atoms with Gasteiger partial charge in [0.05, 0.1) is 6.10 Å². The summed E-state index contributed by atoms with van der Waals surface area (Å²) in [5, 5.41) is 0. The molecule has 20 heavy (non-hydrogen) atoms. The monoisotopic (exact) mass is 280 g/mol. The highest BCUT2D eigenvalue weighted by molar-refractivity contribution is 5.01. The molecule has 0 bridgehead atoms. The van der Waals surface area contributed by atoms with Crippen LogP contribution in [0.2, 0.25) is 0 Å². The molecular formula is C17H32N2O. The van der Waals surface area contributed by atoms with E-state index < -0.39 is 0 Å². The predicted molar refractivity (Wildman–Crippen MR) is 82.7 cm³/mol. The van der Waals surface area contributed by atoms with Crippen molar-refractivity contribution in [2.24, 2.45) is 17.6 Å². The van der Waals surface area contributed by atoms with Crippen LogP contribution in [-0.2, 0) is 4.74 Å². The molecule has 2 N–H and O–H groups in total. The molecule has 0 spiro atoms. The highest BCUT2D eigenvalue weighted by atomic mass is 16.5. The second-order valence-corrected chi connectivity index (χ2v) is 7.29. The van der Waals surface area contributed by atoms with Crippen molar-refractivity contribution in [1.29, 1.82) is 0 Å². The van der Waals surface area contributed by atoms with Crippen LogP contribution in [0.4, 0.5) is 0 Å². The summed E-state index contributed by atoms with van der Waals surface area (Å²) < 4.78 is 5.90. The average Bonchev–Trinajstić information content (AvgIpc) is 3.33. The quantitative estimate of drug-likeness (QED) is 0.841. The van der Waals surface area contributed by atoms with Crippen molar-refractivity contribution in [2.45, 2.75) is 69.9 Å². The largest absolute Gasteiger partial charge is 0.377 e. The molecule has 2 aliphatic carbocycles. The van der Waals surface area contributed by atoms with E-state index in [1.165, 1.54) is 57.9 Å². The van der Waals surface area contributed by atoms with Gasteiger partial charge in [0, 0.05) is 25.2 Å². The van der Waals surface area contributed by atoms with Gasteiger partial charge in [-0.3, -0.25) is 4.90 Å². The molecule has 116 valence electrons. The maximum Gasteiger partial charge on any atom is 0.0702 e. The van der Waals surface area contributed by atoms with Crippen molar-refractivity contribution < 1.29 is 4.74 Å². The van der Waals surface area contributed by atoms with Gasteiger partial charge in [0.2, 0.25) is 0 Å². The number of ether oxygens (including phenoxy) is 1. The van der Waals surface area contributed by atoms with Gasteiger partial charge in [-0.05, 0) is 63.8 Å². The van der Waals surface area contributed by atoms with Gasteiger partial charge in [0.1, 0.15) is 0 Å². The topological polar surface area (TPSA) is 38.5 Å². The zero-order chi connectivity index (χ0) is 14.0. The SMILES string of the molecule is CCOC1CCCN(C2(CN)CCCC(C3CC3)C2)C1. The van der Waals surface area contributed by atoms with Crippen LogP contribution in [0, 0.1) is 11.8 Å². The average molecular weight is 280 g/mol. The summed E-state index contributed by atoms with van der Waals surface area (Å²) in [7, 11) is 0. The number of piperidine rings is 1. The Morgan fingerprint density at radius 1 is 1.15 bits per heavy atom. The van der Waals surface area contributed by atoms with Crippen LogP contribution >= 0.6 is 0 Å². The lowest BCUT2D eigenvalue weighted by Crippen LogP contribution is -2.60. The maximum atomic E-state index is 6.29. The van der Waals surface area contributed by atoms with Gasteiger partial charge in [-0.1, -0.05) is 12.8 Å². The molecule has 1 heterocycles. The number of nitrogens with zero attached hydrogens (tertiary/aromatic N) is 1. The molecule has 2 saturated carbocycles. The third-order valence-corrected chi connectivity index (χ3v) is 5.98. The molecule has 3 rings (SSSR count). The molecular weight excluding hydrogens is 248 g/mol. The summed E-state index contributed by atoms with van der Waals surface area (Å²) in [6, 6.07) is 0. The molecule has 3 heteroatoms. The number of hydrogen-bond donors (Lipinski definition) is 1. The Balaban J connectivity index is 1.67. The third-order valence-electron chi connectivity index (χ3n) is 5.98. The molecule has 1 aliphatic heterocycles. The highest BCUT2D eigenvalue weighted by Gasteiger charge is 2.45. The summed E-state index contributed by atoms with van der Waals surface area (Å²) in [5.74, 6) is 1.99. The second-order valence-electron chi connectivity index (χ2n) is 7.29. The van der Waals surface area contributed by atoms with E-state index in [0.717, 1.165) is 31.5 Å². The van der Waals surface area contributed by atoms with Gasteiger partial charge < -0.3 is 10.5 Å². The van der Waals surface area contributed by atoms with Gasteiger partial charge in [0.15, 0.2) is 0 Å². The molecule has 3 fully saturated rings. The van der Waals surface area contributed by atoms with Crippen molar-refractivity contribution in [2.75, 3.05) is 26.2 Å². The molecule has 0 amide bonds. The van der Waals surface area contributed by atoms with Crippen molar-refractivity contribution in [3.05, 3.63) is 0 Å². The predicted octanol–water partition coefficient (Wildman–Crippen LogP) is 2.79. The minimum atomic E-state index is 0.293. The van der Waals surface area contributed by atoms with E-state index in [0.29, 0.717) is 11.6 Å². The third kappa shape index (κ3) is 3.05. The fourth-order valence-corrected chi connectivity index (χ4v) is 4.70. The molecule has 3 nitrogen and oxygen atoms in total. The van der Waals surface area contributed by atoms with Gasteiger partial charge in [0.25, 0.3) is 0 Å². The molecule has 0 aromatic carbocycles. The normalized spacial score (nSPS) is 39.9. The zero-order valence-corrected chi connectivity index (χ0v) is 13.2. The molecule has 0 radical (unpaired) electrons. The van der Waals surface area contributed by atoms with E-state index in [1.54, 1.807) is 0 Å². The minimum Gasteiger partial charge on any atom is -0.377 e. The van der Waals surface area contributed by atoms with Gasteiger partial charge >= 0.3 is 0 Å². The van der Waals surface area contributed by atoms with E-state index in [-0.39, 0.29) is 0 Å². The van der Waals surface area contributed by atoms with Crippen LogP contribution in [0.25, 0.3) is 0 Å². The molecule has 3 aliphatic rings. The summed E-state index contributed by atoms with van der Waals surface area (Å²) in [6.45, 7) is 6.15. The zero-order valence-electron chi connectivity index (χ0n) is 13.2. The first-order valence-corrected chi connectivity index (χ1v) is 8.84. The molecule has 3 unspecified atom stereocenters. The second kappa shape index (κ2) is 6.33. The smallest absolute Gasteiger partial charge is 0.0702 e. The Kier molecular flexibility index (Phi) is 4.68. The first-order chi connectivity index (χ1) is 9.77. The van der Waals surface area contributed by atoms with E-state index in [9.17, 15) is 0 Å². The lowest BCUT2D eigenvalue weighted by atomic mass is 9.72. The fraction of sp³-hybridized carbons (Fsp3) is 1.00. The van der Waals surface area contributed by atoms with E-state index in [4.69, 9.17) is 10.5 Å². The van der Waals surface area contributed by atoms with E-state index in [2.05, 4.69) is 11.8 Å². The van der Waals surface area contributed by atoms with Crippen LogP contribution < -0.4 is 5.73 Å². The Labute approximate surface area is 124 Å². The number of hydrogen-bond acceptors (Lipinski definition) is 3. The summed E-state index contributed by atoms with van der Waals surface area (Å²) >= 11 is 0. The summed E-state index contributed by atoms with van der Waals surface area (Å²) in [4.78, 5) is 2.71. The molecule has 3 atom stereocenters. The fourth-order valence-electron chi connectivity index (χ4n) is 4.70. The van der Waals surface area contributed by atoms with Crippen LogP contribution in [0.3, 0.4) is 0 Å². The van der Waals surface area contributed by atoms with E-state index in [1.807, 2.05) is 0 Å². The Morgan fingerprint density at radius 3 is 2.70 bits per heavy atom. The first kappa shape index (κ1) is 14.8. The minimum absolute atomic E-state index is 0.293. The molecule has 1 saturated heterocycles. The lowest BCUT2D eigenvalue weighted by Gasteiger charge is -2.51. The van der Waals surface area contributed by atoms with Gasteiger partial charge in [-0.25, -0.2) is 0 Å². The first-order valence-electron chi connectivity index (χ1n) is 8.84. The van der Waals surface area contributed by atoms with Gasteiger partial charge in [-0.2, -0.15) is 0 Å². The van der Waals surface area contributed by atoms with E-state index >= 15 is 0 Å².